The van der Waals surface area contributed by atoms with Crippen LogP contribution in [0.1, 0.15) is 30.6 Å². The van der Waals surface area contributed by atoms with Gasteiger partial charge in [0, 0.05) is 30.7 Å². The summed E-state index contributed by atoms with van der Waals surface area (Å²) in [6.07, 6.45) is 4.31. The zero-order valence-electron chi connectivity index (χ0n) is 16.0. The summed E-state index contributed by atoms with van der Waals surface area (Å²) < 4.78 is 3.04. The van der Waals surface area contributed by atoms with E-state index in [1.54, 1.807) is 0 Å². The van der Waals surface area contributed by atoms with E-state index < -0.39 is 0 Å². The lowest BCUT2D eigenvalue weighted by molar-refractivity contribution is 0.0381. The van der Waals surface area contributed by atoms with Gasteiger partial charge in [-0.2, -0.15) is 0 Å². The van der Waals surface area contributed by atoms with Crippen molar-refractivity contribution >= 4 is 34.9 Å². The van der Waals surface area contributed by atoms with Gasteiger partial charge in [0.2, 0.25) is 0 Å². The first-order valence-corrected chi connectivity index (χ1v) is 10.8. The van der Waals surface area contributed by atoms with Crippen molar-refractivity contribution in [1.82, 2.24) is 19.9 Å². The molecule has 0 amide bonds. The third kappa shape index (κ3) is 3.85. The van der Waals surface area contributed by atoms with Gasteiger partial charge in [-0.1, -0.05) is 41.9 Å². The van der Waals surface area contributed by atoms with E-state index in [1.807, 2.05) is 30.3 Å². The topological polar surface area (TPSA) is 45.2 Å². The van der Waals surface area contributed by atoms with E-state index in [-0.39, 0.29) is 6.10 Å². The van der Waals surface area contributed by atoms with E-state index >= 15 is 0 Å². The number of aromatic nitrogens is 2. The molecule has 0 spiro atoms. The quantitative estimate of drug-likeness (QED) is 0.566. The molecular weight excluding hydrogens is 404 g/mol. The zero-order valence-corrected chi connectivity index (χ0v) is 17.5. The minimum Gasteiger partial charge on any atom is -0.331 e. The van der Waals surface area contributed by atoms with Crippen molar-refractivity contribution in [3.05, 3.63) is 75.7 Å². The first-order chi connectivity index (χ1) is 14.2. The Labute approximate surface area is 179 Å². The van der Waals surface area contributed by atoms with E-state index in [4.69, 9.17) is 28.7 Å². The highest BCUT2D eigenvalue weighted by Crippen LogP contribution is 2.30. The van der Waals surface area contributed by atoms with E-state index in [2.05, 4.69) is 44.2 Å². The lowest BCUT2D eigenvalue weighted by atomic mass is 10.0. The van der Waals surface area contributed by atoms with Gasteiger partial charge in [0.1, 0.15) is 6.10 Å². The molecule has 2 N–H and O–H groups in total. The van der Waals surface area contributed by atoms with Gasteiger partial charge < -0.3 is 9.55 Å². The Bertz CT molecular complexity index is 1100. The molecule has 5 rings (SSSR count). The minimum absolute atomic E-state index is 0.0138. The molecule has 3 heterocycles. The molecule has 7 heteroatoms. The number of hydrogen-bond donors (Lipinski definition) is 2. The molecule has 0 radical (unpaired) electrons. The number of hydroxylamine groups is 1. The van der Waals surface area contributed by atoms with Crippen LogP contribution in [0.5, 0.6) is 0 Å². The molecule has 0 aliphatic carbocycles. The van der Waals surface area contributed by atoms with Gasteiger partial charge >= 0.3 is 0 Å². The normalized spacial score (nSPS) is 20.7. The summed E-state index contributed by atoms with van der Waals surface area (Å²) in [7, 11) is 0. The monoisotopic (exact) mass is 426 g/mol. The van der Waals surface area contributed by atoms with Gasteiger partial charge in [0.15, 0.2) is 4.77 Å². The fourth-order valence-electron chi connectivity index (χ4n) is 4.32. The number of imidazole rings is 1. The highest BCUT2D eigenvalue weighted by Gasteiger charge is 2.25. The van der Waals surface area contributed by atoms with Crippen molar-refractivity contribution in [2.24, 2.45) is 0 Å². The maximum Gasteiger partial charge on any atom is 0.178 e. The number of H-pyrrole nitrogens is 1. The molecule has 1 atom stereocenters. The molecule has 1 saturated heterocycles. The Morgan fingerprint density at radius 2 is 1.90 bits per heavy atom. The number of rotatable bonds is 4. The molecule has 5 nitrogen and oxygen atoms in total. The van der Waals surface area contributed by atoms with Crippen molar-refractivity contribution in [3.8, 4) is 0 Å². The largest absolute Gasteiger partial charge is 0.331 e. The second-order valence-electron chi connectivity index (χ2n) is 7.71. The number of nitrogens with one attached hydrogen (secondary N) is 2. The molecule has 2 aliphatic heterocycles. The van der Waals surface area contributed by atoms with E-state index in [0.717, 1.165) is 59.0 Å². The zero-order chi connectivity index (χ0) is 19.8. The SMILES string of the molecule is S=c1[nH]c2cc(Cl)ccc2n1C1CCN(CC2=CC(c3ccccc3)ON2)CC1. The first-order valence-electron chi connectivity index (χ1n) is 9.97. The van der Waals surface area contributed by atoms with Crippen molar-refractivity contribution in [2.45, 2.75) is 25.0 Å². The van der Waals surface area contributed by atoms with Crippen LogP contribution in [0.3, 0.4) is 0 Å². The molecule has 0 bridgehead atoms. The van der Waals surface area contributed by atoms with Gasteiger partial charge in [-0.05, 0) is 54.9 Å². The van der Waals surface area contributed by atoms with Crippen molar-refractivity contribution < 1.29 is 4.84 Å². The van der Waals surface area contributed by atoms with Crippen molar-refractivity contribution in [3.63, 3.8) is 0 Å². The Kier molecular flexibility index (Phi) is 5.18. The summed E-state index contributed by atoms with van der Waals surface area (Å²) >= 11 is 11.7. The minimum atomic E-state index is -0.0138. The molecule has 29 heavy (non-hydrogen) atoms. The van der Waals surface area contributed by atoms with Crippen LogP contribution in [0.4, 0.5) is 0 Å². The average Bonchev–Trinajstić information content (AvgIpc) is 3.33. The number of likely N-dealkylation sites (tertiary alicyclic amines) is 1. The maximum atomic E-state index is 6.12. The molecule has 3 aromatic rings. The number of fused-ring (bicyclic) bond motifs is 1. The summed E-state index contributed by atoms with van der Waals surface area (Å²) in [6, 6.07) is 16.6. The summed E-state index contributed by atoms with van der Waals surface area (Å²) in [5, 5.41) is 0.726. The molecule has 0 saturated carbocycles. The lowest BCUT2D eigenvalue weighted by Crippen LogP contribution is -2.37. The predicted molar refractivity (Wildman–Crippen MR) is 118 cm³/mol. The van der Waals surface area contributed by atoms with Crippen molar-refractivity contribution in [1.29, 1.82) is 0 Å². The summed E-state index contributed by atoms with van der Waals surface area (Å²) in [4.78, 5) is 11.5. The maximum absolute atomic E-state index is 6.12. The van der Waals surface area contributed by atoms with Crippen LogP contribution in [-0.4, -0.2) is 34.1 Å². The van der Waals surface area contributed by atoms with E-state index in [9.17, 15) is 0 Å². The van der Waals surface area contributed by atoms with Crippen LogP contribution in [0, 0.1) is 4.77 Å². The Morgan fingerprint density at radius 3 is 2.69 bits per heavy atom. The molecule has 2 aromatic carbocycles. The standard InChI is InChI=1S/C22H23ClN4OS/c23-16-6-7-20-19(12-16)24-22(29)27(20)18-8-10-26(11-9-18)14-17-13-21(28-25-17)15-4-2-1-3-5-15/h1-7,12-13,18,21,25H,8-11,14H2,(H,24,29). The highest BCUT2D eigenvalue weighted by atomic mass is 35.5. The van der Waals surface area contributed by atoms with Crippen LogP contribution >= 0.6 is 23.8 Å². The van der Waals surface area contributed by atoms with Gasteiger partial charge in [0.05, 0.1) is 16.7 Å². The first kappa shape index (κ1) is 18.9. The smallest absolute Gasteiger partial charge is 0.178 e. The van der Waals surface area contributed by atoms with E-state index in [1.165, 1.54) is 5.56 Å². The molecule has 2 aliphatic rings. The lowest BCUT2D eigenvalue weighted by Gasteiger charge is -2.33. The Morgan fingerprint density at radius 1 is 1.10 bits per heavy atom. The fraction of sp³-hybridized carbons (Fsp3) is 0.318. The van der Waals surface area contributed by atoms with Gasteiger partial charge in [-0.3, -0.25) is 15.2 Å². The third-order valence-electron chi connectivity index (χ3n) is 5.79. The Balaban J connectivity index is 1.24. The number of aromatic amines is 1. The van der Waals surface area contributed by atoms with Crippen LogP contribution in [0.2, 0.25) is 5.02 Å². The number of hydrogen-bond acceptors (Lipinski definition) is 4. The number of piperidine rings is 1. The second kappa shape index (κ2) is 7.95. The number of halogens is 1. The van der Waals surface area contributed by atoms with Crippen molar-refractivity contribution in [2.75, 3.05) is 19.6 Å². The third-order valence-corrected chi connectivity index (χ3v) is 6.33. The molecule has 1 unspecified atom stereocenters. The molecule has 150 valence electrons. The van der Waals surface area contributed by atoms with Crippen LogP contribution in [0.15, 0.2) is 60.3 Å². The predicted octanol–water partition coefficient (Wildman–Crippen LogP) is 5.15. The summed E-state index contributed by atoms with van der Waals surface area (Å²) in [6.45, 7) is 2.94. The van der Waals surface area contributed by atoms with Crippen LogP contribution in [-0.2, 0) is 4.84 Å². The average molecular weight is 427 g/mol. The van der Waals surface area contributed by atoms with E-state index in [0.29, 0.717) is 6.04 Å². The molecule has 1 fully saturated rings. The number of nitrogens with zero attached hydrogens (tertiary/aromatic N) is 2. The van der Waals surface area contributed by atoms with Crippen LogP contribution < -0.4 is 5.48 Å². The van der Waals surface area contributed by atoms with Gasteiger partial charge in [0.25, 0.3) is 0 Å². The summed E-state index contributed by atoms with van der Waals surface area (Å²) in [5.41, 5.74) is 7.56. The fourth-order valence-corrected chi connectivity index (χ4v) is 4.85. The summed E-state index contributed by atoms with van der Waals surface area (Å²) in [5.74, 6) is 0. The van der Waals surface area contributed by atoms with Gasteiger partial charge in [-0.25, -0.2) is 0 Å². The number of benzene rings is 2. The molecular formula is C22H23ClN4OS. The van der Waals surface area contributed by atoms with Gasteiger partial charge in [-0.15, -0.1) is 0 Å². The van der Waals surface area contributed by atoms with Crippen LogP contribution in [0.25, 0.3) is 11.0 Å². The Hall–Kier alpha value is -2.12. The second-order valence-corrected chi connectivity index (χ2v) is 8.54. The highest BCUT2D eigenvalue weighted by molar-refractivity contribution is 7.71. The molecule has 1 aromatic heterocycles.